The van der Waals surface area contributed by atoms with Crippen LogP contribution in [0.4, 0.5) is 4.39 Å². The monoisotopic (exact) mass is 190 g/mol. The summed E-state index contributed by atoms with van der Waals surface area (Å²) in [6, 6.07) is 0. The van der Waals surface area contributed by atoms with E-state index in [0.29, 0.717) is 12.5 Å². The SMILES string of the molecule is CCOC(CC(C)C)C(F)C(C)C. The van der Waals surface area contributed by atoms with Crippen molar-refractivity contribution < 1.29 is 9.13 Å². The second kappa shape index (κ2) is 6.36. The zero-order valence-electron chi connectivity index (χ0n) is 9.51. The summed E-state index contributed by atoms with van der Waals surface area (Å²) in [6.07, 6.45) is -0.236. The molecule has 0 aliphatic carbocycles. The van der Waals surface area contributed by atoms with Crippen LogP contribution < -0.4 is 0 Å². The molecule has 2 atom stereocenters. The zero-order valence-corrected chi connectivity index (χ0v) is 9.51. The standard InChI is InChI=1S/C11H23FO/c1-6-13-10(7-8(2)3)11(12)9(4)5/h8-11H,6-7H2,1-5H3. The fourth-order valence-corrected chi connectivity index (χ4v) is 1.40. The first-order valence-electron chi connectivity index (χ1n) is 5.24. The van der Waals surface area contributed by atoms with Gasteiger partial charge in [0.05, 0.1) is 6.10 Å². The van der Waals surface area contributed by atoms with Crippen LogP contribution in [0.1, 0.15) is 41.0 Å². The summed E-state index contributed by atoms with van der Waals surface area (Å²) < 4.78 is 19.0. The van der Waals surface area contributed by atoms with E-state index in [2.05, 4.69) is 13.8 Å². The molecule has 1 nitrogen and oxygen atoms in total. The van der Waals surface area contributed by atoms with Crippen LogP contribution in [-0.4, -0.2) is 18.9 Å². The maximum atomic E-state index is 13.6. The Morgan fingerprint density at radius 2 is 1.69 bits per heavy atom. The molecule has 0 heterocycles. The van der Waals surface area contributed by atoms with Crippen LogP contribution in [0.5, 0.6) is 0 Å². The van der Waals surface area contributed by atoms with Crippen molar-refractivity contribution in [2.75, 3.05) is 6.61 Å². The molecule has 2 unspecified atom stereocenters. The third-order valence-electron chi connectivity index (χ3n) is 2.08. The van der Waals surface area contributed by atoms with E-state index < -0.39 is 6.17 Å². The van der Waals surface area contributed by atoms with Crippen LogP contribution in [0, 0.1) is 11.8 Å². The number of rotatable bonds is 6. The molecule has 0 aromatic carbocycles. The highest BCUT2D eigenvalue weighted by Crippen LogP contribution is 2.20. The number of ether oxygens (including phenoxy) is 1. The van der Waals surface area contributed by atoms with E-state index in [1.54, 1.807) is 0 Å². The summed E-state index contributed by atoms with van der Waals surface area (Å²) in [7, 11) is 0. The van der Waals surface area contributed by atoms with E-state index in [9.17, 15) is 4.39 Å². The van der Waals surface area contributed by atoms with Gasteiger partial charge in [-0.25, -0.2) is 4.39 Å². The van der Waals surface area contributed by atoms with Gasteiger partial charge in [0, 0.05) is 6.61 Å². The van der Waals surface area contributed by atoms with Crippen molar-refractivity contribution in [1.82, 2.24) is 0 Å². The molecule has 0 amide bonds. The molecule has 0 aromatic rings. The smallest absolute Gasteiger partial charge is 0.128 e. The minimum absolute atomic E-state index is 0.0512. The van der Waals surface area contributed by atoms with Gasteiger partial charge in [-0.1, -0.05) is 27.7 Å². The predicted octanol–water partition coefficient (Wildman–Crippen LogP) is 3.43. The fourth-order valence-electron chi connectivity index (χ4n) is 1.40. The van der Waals surface area contributed by atoms with E-state index in [0.717, 1.165) is 6.42 Å². The molecule has 0 bridgehead atoms. The molecule has 0 radical (unpaired) electrons. The highest BCUT2D eigenvalue weighted by Gasteiger charge is 2.25. The molecular formula is C11H23FO. The molecule has 0 N–H and O–H groups in total. The lowest BCUT2D eigenvalue weighted by molar-refractivity contribution is -0.0234. The van der Waals surface area contributed by atoms with Gasteiger partial charge in [0.15, 0.2) is 0 Å². The van der Waals surface area contributed by atoms with Crippen LogP contribution in [0.15, 0.2) is 0 Å². The predicted molar refractivity (Wildman–Crippen MR) is 54.6 cm³/mol. The van der Waals surface area contributed by atoms with Gasteiger partial charge in [-0.15, -0.1) is 0 Å². The lowest BCUT2D eigenvalue weighted by Crippen LogP contribution is -2.31. The van der Waals surface area contributed by atoms with Crippen molar-refractivity contribution in [3.05, 3.63) is 0 Å². The minimum Gasteiger partial charge on any atom is -0.375 e. The largest absolute Gasteiger partial charge is 0.375 e. The van der Waals surface area contributed by atoms with Crippen molar-refractivity contribution in [2.24, 2.45) is 11.8 Å². The van der Waals surface area contributed by atoms with Gasteiger partial charge < -0.3 is 4.74 Å². The average Bonchev–Trinajstić information content (AvgIpc) is 2.01. The van der Waals surface area contributed by atoms with Gasteiger partial charge in [-0.05, 0) is 25.2 Å². The Hall–Kier alpha value is -0.110. The molecule has 0 aromatic heterocycles. The maximum absolute atomic E-state index is 13.6. The zero-order chi connectivity index (χ0) is 10.4. The number of alkyl halides is 1. The normalized spacial score (nSPS) is 16.6. The highest BCUT2D eigenvalue weighted by atomic mass is 19.1. The Bertz CT molecular complexity index is 123. The first kappa shape index (κ1) is 12.9. The average molecular weight is 190 g/mol. The lowest BCUT2D eigenvalue weighted by Gasteiger charge is -2.25. The van der Waals surface area contributed by atoms with Gasteiger partial charge in [0.1, 0.15) is 6.17 Å². The van der Waals surface area contributed by atoms with E-state index in [4.69, 9.17) is 4.74 Å². The molecule has 2 heteroatoms. The molecule has 0 saturated carbocycles. The van der Waals surface area contributed by atoms with Crippen molar-refractivity contribution in [3.8, 4) is 0 Å². The molecule has 0 saturated heterocycles. The molecule has 0 aliphatic heterocycles. The molecule has 80 valence electrons. The molecule has 0 fully saturated rings. The lowest BCUT2D eigenvalue weighted by atomic mass is 9.96. The molecule has 0 aliphatic rings. The first-order chi connectivity index (χ1) is 5.99. The van der Waals surface area contributed by atoms with Gasteiger partial charge in [-0.3, -0.25) is 0 Å². The number of halogens is 1. The summed E-state index contributed by atoms with van der Waals surface area (Å²) in [4.78, 5) is 0. The summed E-state index contributed by atoms with van der Waals surface area (Å²) in [5, 5.41) is 0. The van der Waals surface area contributed by atoms with E-state index in [-0.39, 0.29) is 12.0 Å². The maximum Gasteiger partial charge on any atom is 0.128 e. The Morgan fingerprint density at radius 1 is 1.15 bits per heavy atom. The Kier molecular flexibility index (Phi) is 6.31. The van der Waals surface area contributed by atoms with E-state index in [1.807, 2.05) is 20.8 Å². The molecule has 13 heavy (non-hydrogen) atoms. The second-order valence-corrected chi connectivity index (χ2v) is 4.31. The van der Waals surface area contributed by atoms with Crippen molar-refractivity contribution in [1.29, 1.82) is 0 Å². The van der Waals surface area contributed by atoms with Crippen molar-refractivity contribution >= 4 is 0 Å². The van der Waals surface area contributed by atoms with Crippen LogP contribution in [0.2, 0.25) is 0 Å². The topological polar surface area (TPSA) is 9.23 Å². The van der Waals surface area contributed by atoms with Crippen LogP contribution in [0.3, 0.4) is 0 Å². The fraction of sp³-hybridized carbons (Fsp3) is 1.00. The Morgan fingerprint density at radius 3 is 2.00 bits per heavy atom. The third kappa shape index (κ3) is 5.25. The van der Waals surface area contributed by atoms with Gasteiger partial charge in [-0.2, -0.15) is 0 Å². The highest BCUT2D eigenvalue weighted by molar-refractivity contribution is 4.73. The van der Waals surface area contributed by atoms with E-state index >= 15 is 0 Å². The Labute approximate surface area is 81.7 Å². The molecule has 0 rings (SSSR count). The Balaban J connectivity index is 4.06. The third-order valence-corrected chi connectivity index (χ3v) is 2.08. The van der Waals surface area contributed by atoms with Gasteiger partial charge >= 0.3 is 0 Å². The van der Waals surface area contributed by atoms with Gasteiger partial charge in [0.2, 0.25) is 0 Å². The van der Waals surface area contributed by atoms with Gasteiger partial charge in [0.25, 0.3) is 0 Å². The summed E-state index contributed by atoms with van der Waals surface area (Å²) >= 11 is 0. The van der Waals surface area contributed by atoms with Crippen LogP contribution >= 0.6 is 0 Å². The van der Waals surface area contributed by atoms with Crippen LogP contribution in [-0.2, 0) is 4.74 Å². The number of hydrogen-bond donors (Lipinski definition) is 0. The molecular weight excluding hydrogens is 167 g/mol. The van der Waals surface area contributed by atoms with Crippen molar-refractivity contribution in [2.45, 2.75) is 53.3 Å². The van der Waals surface area contributed by atoms with Crippen LogP contribution in [0.25, 0.3) is 0 Å². The summed E-state index contributed by atoms with van der Waals surface area (Å²) in [5.74, 6) is 0.545. The van der Waals surface area contributed by atoms with Crippen molar-refractivity contribution in [3.63, 3.8) is 0 Å². The summed E-state index contributed by atoms with van der Waals surface area (Å²) in [5.41, 5.74) is 0. The second-order valence-electron chi connectivity index (χ2n) is 4.31. The first-order valence-corrected chi connectivity index (χ1v) is 5.24. The minimum atomic E-state index is -0.831. The van der Waals surface area contributed by atoms with E-state index in [1.165, 1.54) is 0 Å². The number of hydrogen-bond acceptors (Lipinski definition) is 1. The molecule has 0 spiro atoms. The summed E-state index contributed by atoms with van der Waals surface area (Å²) in [6.45, 7) is 10.5. The quantitative estimate of drug-likeness (QED) is 0.623.